The second-order valence-corrected chi connectivity index (χ2v) is 10.6. The van der Waals surface area contributed by atoms with Gasteiger partial charge in [-0.05, 0) is 71.3 Å². The van der Waals surface area contributed by atoms with E-state index in [-0.39, 0.29) is 5.78 Å². The van der Waals surface area contributed by atoms with Gasteiger partial charge in [-0.25, -0.2) is 0 Å². The molecule has 0 saturated carbocycles. The molecule has 1 aliphatic heterocycles. The summed E-state index contributed by atoms with van der Waals surface area (Å²) in [6.45, 7) is 0. The Morgan fingerprint density at radius 1 is 0.614 bits per heavy atom. The van der Waals surface area contributed by atoms with E-state index >= 15 is 0 Å². The van der Waals surface area contributed by atoms with Crippen molar-refractivity contribution < 1.29 is 14.6 Å². The Labute approximate surface area is 256 Å². The van der Waals surface area contributed by atoms with Gasteiger partial charge in [-0.3, -0.25) is 4.79 Å². The summed E-state index contributed by atoms with van der Waals surface area (Å²) in [5, 5.41) is 11.2. The van der Waals surface area contributed by atoms with E-state index in [1.54, 1.807) is 12.1 Å². The van der Waals surface area contributed by atoms with Crippen LogP contribution in [0.25, 0.3) is 11.8 Å². The van der Waals surface area contributed by atoms with Crippen molar-refractivity contribution in [1.82, 2.24) is 0 Å². The number of hydrogen-bond acceptors (Lipinski definition) is 4. The fourth-order valence-electron chi connectivity index (χ4n) is 5.67. The van der Waals surface area contributed by atoms with Crippen LogP contribution in [-0.2, 0) is 4.74 Å². The van der Waals surface area contributed by atoms with Crippen LogP contribution in [0.1, 0.15) is 33.2 Å². The lowest BCUT2D eigenvalue weighted by atomic mass is 9.98. The molecule has 1 heterocycles. The highest BCUT2D eigenvalue weighted by Crippen LogP contribution is 2.40. The summed E-state index contributed by atoms with van der Waals surface area (Å²) in [5.74, 6) is 1.03. The monoisotopic (exact) mass is 571 g/mol. The first-order valence-corrected chi connectivity index (χ1v) is 14.6. The number of Topliss-reactive ketones (excluding diaryl/α,β-unsaturated/α-hetero) is 1. The number of benzene rings is 5. The molecule has 1 aliphatic carbocycles. The van der Waals surface area contributed by atoms with Gasteiger partial charge in [0, 0.05) is 33.8 Å². The maximum atomic E-state index is 13.4. The highest BCUT2D eigenvalue weighted by molar-refractivity contribution is 6.15. The van der Waals surface area contributed by atoms with Crippen LogP contribution in [0.2, 0.25) is 0 Å². The zero-order chi connectivity index (χ0) is 29.9. The molecule has 212 valence electrons. The topological polar surface area (TPSA) is 49.8 Å². The van der Waals surface area contributed by atoms with Gasteiger partial charge < -0.3 is 14.7 Å². The first-order chi connectivity index (χ1) is 21.7. The Morgan fingerprint density at radius 3 is 1.82 bits per heavy atom. The number of hydrogen-bond donors (Lipinski definition) is 1. The molecular weight excluding hydrogens is 542 g/mol. The van der Waals surface area contributed by atoms with Crippen LogP contribution in [0, 0.1) is 0 Å². The van der Waals surface area contributed by atoms with Gasteiger partial charge in [-0.1, -0.05) is 109 Å². The van der Waals surface area contributed by atoms with Crippen LogP contribution in [0.3, 0.4) is 0 Å². The Hall–Kier alpha value is -5.71. The number of ketones is 1. The van der Waals surface area contributed by atoms with Crippen molar-refractivity contribution in [1.29, 1.82) is 0 Å². The number of rotatable bonds is 6. The maximum Gasteiger partial charge on any atom is 0.192 e. The number of aliphatic hydroxyl groups is 1. The summed E-state index contributed by atoms with van der Waals surface area (Å²) in [6, 6.07) is 45.9. The van der Waals surface area contributed by atoms with Crippen molar-refractivity contribution in [3.63, 3.8) is 0 Å². The van der Waals surface area contributed by atoms with Gasteiger partial charge in [0.1, 0.15) is 17.6 Å². The Bertz CT molecular complexity index is 1900. The third-order valence-electron chi connectivity index (χ3n) is 7.82. The molecule has 2 aliphatic rings. The Balaban J connectivity index is 1.22. The van der Waals surface area contributed by atoms with E-state index in [0.29, 0.717) is 33.8 Å². The van der Waals surface area contributed by atoms with Crippen molar-refractivity contribution in [2.24, 2.45) is 0 Å². The number of carbonyl (C=O) groups excluding carboxylic acids is 1. The van der Waals surface area contributed by atoms with Gasteiger partial charge in [0.05, 0.1) is 0 Å². The molecule has 1 unspecified atom stereocenters. The van der Waals surface area contributed by atoms with Crippen LogP contribution < -0.4 is 4.90 Å². The predicted octanol–water partition coefficient (Wildman–Crippen LogP) is 9.35. The Kier molecular flexibility index (Phi) is 7.33. The number of carbonyl (C=O) groups is 1. The van der Waals surface area contributed by atoms with Crippen LogP contribution in [0.15, 0.2) is 175 Å². The molecular formula is C40H29NO3. The lowest BCUT2D eigenvalue weighted by Crippen LogP contribution is -2.09. The van der Waals surface area contributed by atoms with Crippen LogP contribution >= 0.6 is 0 Å². The van der Waals surface area contributed by atoms with Crippen molar-refractivity contribution in [2.75, 3.05) is 4.90 Å². The molecule has 5 aromatic rings. The summed E-state index contributed by atoms with van der Waals surface area (Å²) in [5.41, 5.74) is 7.24. The van der Waals surface area contributed by atoms with E-state index in [9.17, 15) is 9.90 Å². The van der Waals surface area contributed by atoms with Crippen LogP contribution in [-0.4, -0.2) is 10.9 Å². The fourth-order valence-corrected chi connectivity index (χ4v) is 5.67. The molecule has 0 spiro atoms. The van der Waals surface area contributed by atoms with Crippen molar-refractivity contribution in [3.8, 4) is 0 Å². The lowest BCUT2D eigenvalue weighted by molar-refractivity contribution is 0.101. The molecule has 0 saturated heterocycles. The molecule has 1 N–H and O–H groups in total. The molecule has 0 radical (unpaired) electrons. The van der Waals surface area contributed by atoms with Crippen molar-refractivity contribution in [3.05, 3.63) is 197 Å². The number of fused-ring (bicyclic) bond motifs is 1. The SMILES string of the molecule is O=C1/C(=C2\C=C(C=Cc3ccc(N(c4ccccc4)c4ccccc4)cc3)OC(c3ccccc3)=C2)C(O)c2ccccc21. The van der Waals surface area contributed by atoms with E-state index in [2.05, 4.69) is 53.4 Å². The van der Waals surface area contributed by atoms with E-state index < -0.39 is 6.10 Å². The van der Waals surface area contributed by atoms with Gasteiger partial charge in [0.25, 0.3) is 0 Å². The number of anilines is 3. The van der Waals surface area contributed by atoms with Gasteiger partial charge in [-0.15, -0.1) is 0 Å². The summed E-state index contributed by atoms with van der Waals surface area (Å²) >= 11 is 0. The van der Waals surface area contributed by atoms with Crippen LogP contribution in [0.4, 0.5) is 17.1 Å². The highest BCUT2D eigenvalue weighted by Gasteiger charge is 2.35. The molecule has 0 amide bonds. The van der Waals surface area contributed by atoms with Gasteiger partial charge >= 0.3 is 0 Å². The Morgan fingerprint density at radius 2 is 1.18 bits per heavy atom. The number of para-hydroxylation sites is 2. The molecule has 7 rings (SSSR count). The molecule has 4 nitrogen and oxygen atoms in total. The second-order valence-electron chi connectivity index (χ2n) is 10.6. The van der Waals surface area contributed by atoms with E-state index in [0.717, 1.165) is 28.2 Å². The molecule has 1 atom stereocenters. The number of aliphatic hydroxyl groups excluding tert-OH is 1. The first-order valence-electron chi connectivity index (χ1n) is 14.6. The normalized spacial score (nSPS) is 17.6. The summed E-state index contributed by atoms with van der Waals surface area (Å²) in [7, 11) is 0. The number of ether oxygens (including phenoxy) is 1. The van der Waals surface area contributed by atoms with E-state index in [4.69, 9.17) is 4.74 Å². The molecule has 5 aromatic carbocycles. The zero-order valence-corrected chi connectivity index (χ0v) is 23.9. The smallest absolute Gasteiger partial charge is 0.192 e. The van der Waals surface area contributed by atoms with Gasteiger partial charge in [0.2, 0.25) is 0 Å². The van der Waals surface area contributed by atoms with Gasteiger partial charge in [-0.2, -0.15) is 0 Å². The summed E-state index contributed by atoms with van der Waals surface area (Å²) in [6.07, 6.45) is 6.56. The minimum absolute atomic E-state index is 0.162. The molecule has 0 bridgehead atoms. The second kappa shape index (κ2) is 11.9. The third-order valence-corrected chi connectivity index (χ3v) is 7.82. The zero-order valence-electron chi connectivity index (χ0n) is 23.9. The van der Waals surface area contributed by atoms with Crippen molar-refractivity contribution >= 4 is 34.7 Å². The fraction of sp³-hybridized carbons (Fsp3) is 0.0250. The summed E-state index contributed by atoms with van der Waals surface area (Å²) < 4.78 is 6.31. The molecule has 4 heteroatoms. The predicted molar refractivity (Wildman–Crippen MR) is 177 cm³/mol. The average Bonchev–Trinajstić information content (AvgIpc) is 3.35. The van der Waals surface area contributed by atoms with Crippen molar-refractivity contribution in [2.45, 2.75) is 6.10 Å². The lowest BCUT2D eigenvalue weighted by Gasteiger charge is -2.25. The molecule has 44 heavy (non-hydrogen) atoms. The van der Waals surface area contributed by atoms with Gasteiger partial charge in [0.15, 0.2) is 5.78 Å². The summed E-state index contributed by atoms with van der Waals surface area (Å²) in [4.78, 5) is 15.6. The minimum Gasteiger partial charge on any atom is -0.457 e. The maximum absolute atomic E-state index is 13.4. The molecule has 0 aromatic heterocycles. The average molecular weight is 572 g/mol. The quantitative estimate of drug-likeness (QED) is 0.206. The minimum atomic E-state index is -0.994. The molecule has 0 fully saturated rings. The highest BCUT2D eigenvalue weighted by atomic mass is 16.5. The third kappa shape index (κ3) is 5.31. The largest absolute Gasteiger partial charge is 0.457 e. The van der Waals surface area contributed by atoms with Crippen LogP contribution in [0.5, 0.6) is 0 Å². The van der Waals surface area contributed by atoms with E-state index in [1.165, 1.54) is 0 Å². The number of nitrogens with zero attached hydrogens (tertiary/aromatic N) is 1. The van der Waals surface area contributed by atoms with E-state index in [1.807, 2.05) is 103 Å². The standard InChI is InChI=1S/C40H29NO3/c42-39-35-18-10-11-19-36(35)40(43)38(39)30-26-34(44-37(27-30)29-12-4-1-5-13-29)25-22-28-20-23-33(24-21-28)41(31-14-6-2-7-15-31)32-16-8-3-9-17-32/h1-27,39,42H/b25-22?,38-30+. The first kappa shape index (κ1) is 27.1. The number of allylic oxidation sites excluding steroid dienone is 4.